The van der Waals surface area contributed by atoms with Gasteiger partial charge in [-0.1, -0.05) is 6.07 Å². The van der Waals surface area contributed by atoms with Gasteiger partial charge in [-0.2, -0.15) is 0 Å². The van der Waals surface area contributed by atoms with Gasteiger partial charge >= 0.3 is 0 Å². The maximum atomic E-state index is 12.3. The molecule has 2 aromatic rings. The standard InChI is InChI=1S/C16H18N2O4S/c19-16(17-10-12-6-7-12)13-3-1-5-15(9-13)23(20,21)18-11-14-4-2-8-22-14/h1-5,8-9,12,18H,6-7,10-11H2,(H,17,19). The number of carbonyl (C=O) groups excluding carboxylic acids is 1. The van der Waals surface area contributed by atoms with E-state index in [1.165, 1.54) is 18.4 Å². The monoisotopic (exact) mass is 334 g/mol. The smallest absolute Gasteiger partial charge is 0.251 e. The third-order valence-corrected chi connectivity index (χ3v) is 5.07. The Labute approximate surface area is 134 Å². The quantitative estimate of drug-likeness (QED) is 0.809. The van der Waals surface area contributed by atoms with Crippen molar-refractivity contribution in [1.82, 2.24) is 10.0 Å². The highest BCUT2D eigenvalue weighted by atomic mass is 32.2. The highest BCUT2D eigenvalue weighted by molar-refractivity contribution is 7.89. The van der Waals surface area contributed by atoms with E-state index in [0.717, 1.165) is 12.8 Å². The molecular formula is C16H18N2O4S. The molecule has 1 aromatic carbocycles. The summed E-state index contributed by atoms with van der Waals surface area (Å²) in [5, 5.41) is 2.82. The summed E-state index contributed by atoms with van der Waals surface area (Å²) in [7, 11) is -3.70. The lowest BCUT2D eigenvalue weighted by molar-refractivity contribution is 0.0951. The van der Waals surface area contributed by atoms with Gasteiger partial charge < -0.3 is 9.73 Å². The number of amides is 1. The van der Waals surface area contributed by atoms with E-state index in [1.54, 1.807) is 24.3 Å². The first kappa shape index (κ1) is 15.8. The molecule has 0 bridgehead atoms. The highest BCUT2D eigenvalue weighted by Gasteiger charge is 2.22. The first-order valence-electron chi connectivity index (χ1n) is 7.45. The number of carbonyl (C=O) groups is 1. The van der Waals surface area contributed by atoms with Crippen LogP contribution in [0.2, 0.25) is 0 Å². The van der Waals surface area contributed by atoms with Gasteiger partial charge in [-0.25, -0.2) is 13.1 Å². The lowest BCUT2D eigenvalue weighted by atomic mass is 10.2. The Hall–Kier alpha value is -2.12. The van der Waals surface area contributed by atoms with Gasteiger partial charge in [0.15, 0.2) is 0 Å². The zero-order valence-corrected chi connectivity index (χ0v) is 13.3. The Balaban J connectivity index is 1.68. The molecule has 1 amide bonds. The van der Waals surface area contributed by atoms with Gasteiger partial charge in [-0.05, 0) is 49.1 Å². The van der Waals surface area contributed by atoms with Crippen LogP contribution in [-0.4, -0.2) is 20.9 Å². The predicted molar refractivity (Wildman–Crippen MR) is 84.2 cm³/mol. The number of nitrogens with one attached hydrogen (secondary N) is 2. The van der Waals surface area contributed by atoms with E-state index in [9.17, 15) is 13.2 Å². The van der Waals surface area contributed by atoms with Crippen molar-refractivity contribution < 1.29 is 17.6 Å². The summed E-state index contributed by atoms with van der Waals surface area (Å²) in [4.78, 5) is 12.1. The maximum absolute atomic E-state index is 12.3. The Morgan fingerprint density at radius 2 is 2.04 bits per heavy atom. The van der Waals surface area contributed by atoms with Crippen LogP contribution in [-0.2, 0) is 16.6 Å². The molecule has 2 N–H and O–H groups in total. The van der Waals surface area contributed by atoms with Crippen molar-refractivity contribution in [1.29, 1.82) is 0 Å². The van der Waals surface area contributed by atoms with E-state index in [2.05, 4.69) is 10.0 Å². The van der Waals surface area contributed by atoms with Crippen LogP contribution in [0.4, 0.5) is 0 Å². The highest BCUT2D eigenvalue weighted by Crippen LogP contribution is 2.27. The van der Waals surface area contributed by atoms with Crippen molar-refractivity contribution in [2.75, 3.05) is 6.54 Å². The van der Waals surface area contributed by atoms with Gasteiger partial charge in [0.1, 0.15) is 5.76 Å². The van der Waals surface area contributed by atoms with Crippen LogP contribution in [0.25, 0.3) is 0 Å². The minimum absolute atomic E-state index is 0.0585. The van der Waals surface area contributed by atoms with Crippen LogP contribution in [0.5, 0.6) is 0 Å². The molecule has 3 rings (SSSR count). The van der Waals surface area contributed by atoms with Crippen molar-refractivity contribution >= 4 is 15.9 Å². The molecule has 1 aliphatic carbocycles. The van der Waals surface area contributed by atoms with Crippen molar-refractivity contribution in [3.8, 4) is 0 Å². The SMILES string of the molecule is O=C(NCC1CC1)c1cccc(S(=O)(=O)NCc2ccco2)c1. The molecule has 23 heavy (non-hydrogen) atoms. The van der Waals surface area contributed by atoms with E-state index in [1.807, 2.05) is 0 Å². The minimum Gasteiger partial charge on any atom is -0.468 e. The van der Waals surface area contributed by atoms with Crippen LogP contribution in [0.1, 0.15) is 29.0 Å². The van der Waals surface area contributed by atoms with Gasteiger partial charge in [-0.3, -0.25) is 4.79 Å². The number of sulfonamides is 1. The molecule has 0 aliphatic heterocycles. The number of benzene rings is 1. The fraction of sp³-hybridized carbons (Fsp3) is 0.312. The molecule has 0 atom stereocenters. The largest absolute Gasteiger partial charge is 0.468 e. The molecule has 0 spiro atoms. The minimum atomic E-state index is -3.70. The zero-order chi connectivity index (χ0) is 16.3. The summed E-state index contributed by atoms with van der Waals surface area (Å²) in [5.74, 6) is 0.840. The first-order chi connectivity index (χ1) is 11.0. The van der Waals surface area contributed by atoms with Gasteiger partial charge in [0, 0.05) is 12.1 Å². The average Bonchev–Trinajstić information content (AvgIpc) is 3.24. The van der Waals surface area contributed by atoms with Crippen LogP contribution >= 0.6 is 0 Å². The molecule has 1 heterocycles. The fourth-order valence-electron chi connectivity index (χ4n) is 2.13. The second-order valence-electron chi connectivity index (χ2n) is 5.59. The third-order valence-electron chi connectivity index (χ3n) is 3.67. The number of furan rings is 1. The number of hydrogen-bond acceptors (Lipinski definition) is 4. The van der Waals surface area contributed by atoms with Gasteiger partial charge in [0.25, 0.3) is 5.91 Å². The molecule has 0 unspecified atom stereocenters. The lowest BCUT2D eigenvalue weighted by Gasteiger charge is -2.08. The summed E-state index contributed by atoms with van der Waals surface area (Å²) < 4.78 is 32.1. The van der Waals surface area contributed by atoms with Crippen molar-refractivity contribution in [3.63, 3.8) is 0 Å². The molecule has 1 fully saturated rings. The number of rotatable bonds is 7. The lowest BCUT2D eigenvalue weighted by Crippen LogP contribution is -2.26. The van der Waals surface area contributed by atoms with E-state index >= 15 is 0 Å². The topological polar surface area (TPSA) is 88.4 Å². The van der Waals surface area contributed by atoms with Crippen LogP contribution in [0.3, 0.4) is 0 Å². The molecule has 7 heteroatoms. The fourth-order valence-corrected chi connectivity index (χ4v) is 3.17. The Morgan fingerprint density at radius 3 is 2.74 bits per heavy atom. The van der Waals surface area contributed by atoms with Gasteiger partial charge in [-0.15, -0.1) is 0 Å². The third kappa shape index (κ3) is 4.20. The predicted octanol–water partition coefficient (Wildman–Crippen LogP) is 1.90. The normalized spacial score (nSPS) is 14.6. The van der Waals surface area contributed by atoms with Crippen LogP contribution < -0.4 is 10.0 Å². The van der Waals surface area contributed by atoms with E-state index in [0.29, 0.717) is 23.8 Å². The second-order valence-corrected chi connectivity index (χ2v) is 7.35. The summed E-state index contributed by atoms with van der Waals surface area (Å²) in [5.41, 5.74) is 0.339. The molecule has 1 aromatic heterocycles. The second kappa shape index (κ2) is 6.55. The molecule has 1 aliphatic rings. The zero-order valence-electron chi connectivity index (χ0n) is 12.5. The molecule has 6 nitrogen and oxygen atoms in total. The molecule has 122 valence electrons. The Morgan fingerprint density at radius 1 is 1.22 bits per heavy atom. The Bertz CT molecular complexity index is 780. The summed E-state index contributed by atoms with van der Waals surface area (Å²) in [6.07, 6.45) is 3.77. The average molecular weight is 334 g/mol. The van der Waals surface area contributed by atoms with Gasteiger partial charge in [0.2, 0.25) is 10.0 Å². The molecule has 0 saturated heterocycles. The van der Waals surface area contributed by atoms with Crippen molar-refractivity contribution in [2.24, 2.45) is 5.92 Å². The van der Waals surface area contributed by atoms with Crippen molar-refractivity contribution in [2.45, 2.75) is 24.3 Å². The molecular weight excluding hydrogens is 316 g/mol. The molecule has 0 radical (unpaired) electrons. The van der Waals surface area contributed by atoms with E-state index in [4.69, 9.17) is 4.42 Å². The summed E-state index contributed by atoms with van der Waals surface area (Å²) >= 11 is 0. The summed E-state index contributed by atoms with van der Waals surface area (Å²) in [6.45, 7) is 0.708. The van der Waals surface area contributed by atoms with Crippen molar-refractivity contribution in [3.05, 3.63) is 54.0 Å². The van der Waals surface area contributed by atoms with Crippen LogP contribution in [0.15, 0.2) is 52.0 Å². The first-order valence-corrected chi connectivity index (χ1v) is 8.93. The molecule has 1 saturated carbocycles. The maximum Gasteiger partial charge on any atom is 0.251 e. The Kier molecular flexibility index (Phi) is 4.49. The number of hydrogen-bond donors (Lipinski definition) is 2. The summed E-state index contributed by atoms with van der Waals surface area (Å²) in [6, 6.07) is 9.38. The van der Waals surface area contributed by atoms with Gasteiger partial charge in [0.05, 0.1) is 17.7 Å². The van der Waals surface area contributed by atoms with E-state index < -0.39 is 10.0 Å². The van der Waals surface area contributed by atoms with Crippen LogP contribution in [0, 0.1) is 5.92 Å². The van der Waals surface area contributed by atoms with E-state index in [-0.39, 0.29) is 17.3 Å².